The van der Waals surface area contributed by atoms with E-state index < -0.39 is 18.4 Å². The molecule has 0 fully saturated rings. The van der Waals surface area contributed by atoms with E-state index in [1.54, 1.807) is 6.07 Å². The SMILES string of the molecule is COc1ccc(-n2c(CO)nnc2SCC(=O)O)cc1F. The summed E-state index contributed by atoms with van der Waals surface area (Å²) in [6.45, 7) is -0.408. The molecule has 0 aliphatic rings. The van der Waals surface area contributed by atoms with E-state index in [1.807, 2.05) is 0 Å². The molecular formula is C12H12FN3O4S. The van der Waals surface area contributed by atoms with Gasteiger partial charge < -0.3 is 14.9 Å². The average molecular weight is 313 g/mol. The molecule has 0 saturated carbocycles. The van der Waals surface area contributed by atoms with Crippen molar-refractivity contribution in [1.82, 2.24) is 14.8 Å². The van der Waals surface area contributed by atoms with E-state index in [1.165, 1.54) is 23.8 Å². The maximum Gasteiger partial charge on any atom is 0.313 e. The Morgan fingerprint density at radius 1 is 1.48 bits per heavy atom. The molecule has 9 heteroatoms. The number of rotatable bonds is 6. The number of benzene rings is 1. The number of hydrogen-bond donors (Lipinski definition) is 2. The highest BCUT2D eigenvalue weighted by Crippen LogP contribution is 2.25. The summed E-state index contributed by atoms with van der Waals surface area (Å²) in [6.07, 6.45) is 0. The number of aliphatic hydroxyl groups excluding tert-OH is 1. The quantitative estimate of drug-likeness (QED) is 0.770. The van der Waals surface area contributed by atoms with Gasteiger partial charge >= 0.3 is 5.97 Å². The lowest BCUT2D eigenvalue weighted by Gasteiger charge is -2.10. The van der Waals surface area contributed by atoms with Crippen LogP contribution in [0.5, 0.6) is 5.75 Å². The third-order valence-corrected chi connectivity index (χ3v) is 3.47. The second kappa shape index (κ2) is 6.55. The Labute approximate surface area is 123 Å². The first-order valence-corrected chi connectivity index (χ1v) is 6.79. The number of halogens is 1. The molecule has 0 atom stereocenters. The lowest BCUT2D eigenvalue weighted by molar-refractivity contribution is -0.133. The topological polar surface area (TPSA) is 97.5 Å². The van der Waals surface area contributed by atoms with Crippen molar-refractivity contribution in [2.75, 3.05) is 12.9 Å². The summed E-state index contributed by atoms with van der Waals surface area (Å²) in [4.78, 5) is 10.6. The fourth-order valence-corrected chi connectivity index (χ4v) is 2.37. The predicted molar refractivity (Wildman–Crippen MR) is 72.2 cm³/mol. The highest BCUT2D eigenvalue weighted by molar-refractivity contribution is 7.99. The summed E-state index contributed by atoms with van der Waals surface area (Å²) in [7, 11) is 1.35. The van der Waals surface area contributed by atoms with Crippen molar-refractivity contribution in [3.63, 3.8) is 0 Å². The van der Waals surface area contributed by atoms with Crippen LogP contribution < -0.4 is 4.74 Å². The van der Waals surface area contributed by atoms with Gasteiger partial charge in [0.2, 0.25) is 0 Å². The fraction of sp³-hybridized carbons (Fsp3) is 0.250. The largest absolute Gasteiger partial charge is 0.494 e. The van der Waals surface area contributed by atoms with Crippen LogP contribution in [0.15, 0.2) is 23.4 Å². The van der Waals surface area contributed by atoms with Crippen LogP contribution in [0.1, 0.15) is 5.82 Å². The van der Waals surface area contributed by atoms with Gasteiger partial charge in [-0.1, -0.05) is 11.8 Å². The van der Waals surface area contributed by atoms with Crippen LogP contribution in [0.2, 0.25) is 0 Å². The maximum atomic E-state index is 13.8. The monoisotopic (exact) mass is 313 g/mol. The number of aliphatic carboxylic acids is 1. The molecule has 0 saturated heterocycles. The van der Waals surface area contributed by atoms with Gasteiger partial charge in [0.15, 0.2) is 22.5 Å². The predicted octanol–water partition coefficient (Wildman–Crippen LogP) is 1.08. The van der Waals surface area contributed by atoms with E-state index in [0.29, 0.717) is 5.69 Å². The highest BCUT2D eigenvalue weighted by atomic mass is 32.2. The first-order valence-electron chi connectivity index (χ1n) is 5.80. The molecule has 0 radical (unpaired) electrons. The van der Waals surface area contributed by atoms with Gasteiger partial charge in [-0.05, 0) is 12.1 Å². The van der Waals surface area contributed by atoms with Gasteiger partial charge in [-0.2, -0.15) is 0 Å². The molecule has 1 aromatic carbocycles. The van der Waals surface area contributed by atoms with Gasteiger partial charge in [0.1, 0.15) is 6.61 Å². The number of hydrogen-bond acceptors (Lipinski definition) is 6. The van der Waals surface area contributed by atoms with Crippen LogP contribution in [-0.4, -0.2) is 43.8 Å². The Kier molecular flexibility index (Phi) is 4.76. The van der Waals surface area contributed by atoms with Gasteiger partial charge in [-0.3, -0.25) is 9.36 Å². The Hall–Kier alpha value is -2.13. The van der Waals surface area contributed by atoms with Crippen molar-refractivity contribution in [3.8, 4) is 11.4 Å². The highest BCUT2D eigenvalue weighted by Gasteiger charge is 2.16. The zero-order valence-electron chi connectivity index (χ0n) is 11.0. The van der Waals surface area contributed by atoms with E-state index in [2.05, 4.69) is 10.2 Å². The fourth-order valence-electron chi connectivity index (χ4n) is 1.68. The van der Waals surface area contributed by atoms with Crippen LogP contribution >= 0.6 is 11.8 Å². The summed E-state index contributed by atoms with van der Waals surface area (Å²) in [6, 6.07) is 4.19. The summed E-state index contributed by atoms with van der Waals surface area (Å²) < 4.78 is 20.0. The standard InChI is InChI=1S/C12H12FN3O4S/c1-20-9-3-2-7(4-8(9)13)16-10(5-17)14-15-12(16)21-6-11(18)19/h2-4,17H,5-6H2,1H3,(H,18,19). The van der Waals surface area contributed by atoms with Gasteiger partial charge in [0.05, 0.1) is 18.6 Å². The summed E-state index contributed by atoms with van der Waals surface area (Å²) in [5, 5.41) is 25.8. The Bertz CT molecular complexity index is 662. The van der Waals surface area contributed by atoms with Crippen LogP contribution in [0.3, 0.4) is 0 Å². The van der Waals surface area contributed by atoms with Crippen molar-refractivity contribution in [1.29, 1.82) is 0 Å². The molecule has 0 unspecified atom stereocenters. The molecule has 7 nitrogen and oxygen atoms in total. The Morgan fingerprint density at radius 2 is 2.24 bits per heavy atom. The van der Waals surface area contributed by atoms with E-state index in [-0.39, 0.29) is 22.5 Å². The normalized spacial score (nSPS) is 10.6. The molecule has 0 bridgehead atoms. The molecule has 2 aromatic rings. The van der Waals surface area contributed by atoms with Crippen LogP contribution in [0.4, 0.5) is 4.39 Å². The van der Waals surface area contributed by atoms with Crippen molar-refractivity contribution in [2.24, 2.45) is 0 Å². The van der Waals surface area contributed by atoms with Crippen molar-refractivity contribution < 1.29 is 24.1 Å². The molecule has 2 rings (SSSR count). The minimum atomic E-state index is -1.01. The molecule has 1 heterocycles. The number of carboxylic acid groups (broad SMARTS) is 1. The minimum absolute atomic E-state index is 0.0807. The third-order valence-electron chi connectivity index (χ3n) is 2.56. The second-order valence-electron chi connectivity index (χ2n) is 3.89. The lowest BCUT2D eigenvalue weighted by atomic mass is 10.3. The summed E-state index contributed by atoms with van der Waals surface area (Å²) in [5.41, 5.74) is 0.371. The van der Waals surface area contributed by atoms with Crippen LogP contribution in [0.25, 0.3) is 5.69 Å². The zero-order chi connectivity index (χ0) is 15.4. The molecule has 0 amide bonds. The number of carboxylic acids is 1. The molecule has 0 aliphatic carbocycles. The molecule has 21 heavy (non-hydrogen) atoms. The second-order valence-corrected chi connectivity index (χ2v) is 4.84. The first kappa shape index (κ1) is 15.3. The van der Waals surface area contributed by atoms with Gasteiger partial charge in [-0.15, -0.1) is 10.2 Å². The number of methoxy groups -OCH3 is 1. The molecular weight excluding hydrogens is 301 g/mol. The number of aliphatic hydroxyl groups is 1. The zero-order valence-corrected chi connectivity index (χ0v) is 11.8. The molecule has 1 aromatic heterocycles. The van der Waals surface area contributed by atoms with Gasteiger partial charge in [0.25, 0.3) is 0 Å². The number of aromatic nitrogens is 3. The summed E-state index contributed by atoms with van der Waals surface area (Å²) >= 11 is 0.927. The van der Waals surface area contributed by atoms with Crippen LogP contribution in [-0.2, 0) is 11.4 Å². The summed E-state index contributed by atoms with van der Waals surface area (Å²) in [5.74, 6) is -1.55. The molecule has 112 valence electrons. The lowest BCUT2D eigenvalue weighted by Crippen LogP contribution is -2.05. The number of thioether (sulfide) groups is 1. The number of nitrogens with zero attached hydrogens (tertiary/aromatic N) is 3. The smallest absolute Gasteiger partial charge is 0.313 e. The van der Waals surface area contributed by atoms with E-state index in [0.717, 1.165) is 11.8 Å². The van der Waals surface area contributed by atoms with Crippen LogP contribution in [0, 0.1) is 5.82 Å². The van der Waals surface area contributed by atoms with E-state index >= 15 is 0 Å². The van der Waals surface area contributed by atoms with Gasteiger partial charge in [0, 0.05) is 6.07 Å². The van der Waals surface area contributed by atoms with E-state index in [9.17, 15) is 14.3 Å². The third kappa shape index (κ3) is 3.31. The van der Waals surface area contributed by atoms with Crippen molar-refractivity contribution in [2.45, 2.75) is 11.8 Å². The molecule has 0 spiro atoms. The van der Waals surface area contributed by atoms with Crippen molar-refractivity contribution >= 4 is 17.7 Å². The molecule has 0 aliphatic heterocycles. The average Bonchev–Trinajstić information content (AvgIpc) is 2.87. The Balaban J connectivity index is 2.43. The molecule has 2 N–H and O–H groups in total. The first-order chi connectivity index (χ1) is 10.1. The maximum absolute atomic E-state index is 13.8. The Morgan fingerprint density at radius 3 is 2.81 bits per heavy atom. The van der Waals surface area contributed by atoms with Gasteiger partial charge in [-0.25, -0.2) is 4.39 Å². The van der Waals surface area contributed by atoms with Crippen molar-refractivity contribution in [3.05, 3.63) is 29.8 Å². The van der Waals surface area contributed by atoms with E-state index in [4.69, 9.17) is 9.84 Å². The number of ether oxygens (including phenoxy) is 1. The minimum Gasteiger partial charge on any atom is -0.494 e. The number of carbonyl (C=O) groups is 1.